The molecule has 57 heavy (non-hydrogen) atoms. The van der Waals surface area contributed by atoms with E-state index in [4.69, 9.17) is 42.1 Å². The monoisotopic (exact) mass is 834 g/mol. The number of hydrogen-bond donors (Lipinski definition) is 1. The molecule has 318 valence electrons. The maximum absolute atomic E-state index is 12.4. The van der Waals surface area contributed by atoms with Crippen molar-refractivity contribution in [2.75, 3.05) is 102 Å². The van der Waals surface area contributed by atoms with E-state index >= 15 is 0 Å². The molecule has 0 bridgehead atoms. The summed E-state index contributed by atoms with van der Waals surface area (Å²) in [5.74, 6) is 0. The predicted molar refractivity (Wildman–Crippen MR) is 227 cm³/mol. The van der Waals surface area contributed by atoms with Gasteiger partial charge in [0, 0.05) is 106 Å². The van der Waals surface area contributed by atoms with Crippen LogP contribution in [0.25, 0.3) is 0 Å². The van der Waals surface area contributed by atoms with Crippen molar-refractivity contribution in [3.8, 4) is 0 Å². The summed E-state index contributed by atoms with van der Waals surface area (Å²) in [6, 6.07) is 12.2. The Morgan fingerprint density at radius 1 is 0.737 bits per heavy atom. The molecule has 2 aromatic carbocycles. The quantitative estimate of drug-likeness (QED) is 0.320. The number of anilines is 2. The summed E-state index contributed by atoms with van der Waals surface area (Å²) in [7, 11) is 0. The number of aldehydes is 1. The first-order valence-electron chi connectivity index (χ1n) is 20.0. The zero-order valence-electron chi connectivity index (χ0n) is 35.2. The van der Waals surface area contributed by atoms with Crippen molar-refractivity contribution < 1.29 is 33.3 Å². The van der Waals surface area contributed by atoms with E-state index in [0.29, 0.717) is 17.1 Å². The minimum Gasteiger partial charge on any atom is -0.444 e. The van der Waals surface area contributed by atoms with Crippen molar-refractivity contribution in [3.63, 3.8) is 0 Å². The average molecular weight is 836 g/mol. The number of hydrogen-bond acceptors (Lipinski definition) is 11. The van der Waals surface area contributed by atoms with Crippen LogP contribution in [0.4, 0.5) is 21.0 Å². The third-order valence-corrected chi connectivity index (χ3v) is 10.4. The first kappa shape index (κ1) is 46.4. The lowest BCUT2D eigenvalue weighted by molar-refractivity contribution is 0.000474. The molecule has 2 amide bonds. The number of piperazine rings is 2. The van der Waals surface area contributed by atoms with Crippen molar-refractivity contribution in [1.29, 1.82) is 0 Å². The average Bonchev–Trinajstić information content (AvgIpc) is 3.15. The summed E-state index contributed by atoms with van der Waals surface area (Å²) >= 11 is 12.5. The summed E-state index contributed by atoms with van der Waals surface area (Å²) < 4.78 is 21.5. The largest absolute Gasteiger partial charge is 0.444 e. The molecule has 0 radical (unpaired) electrons. The number of rotatable bonds is 5. The Kier molecular flexibility index (Phi) is 17.6. The fourth-order valence-corrected chi connectivity index (χ4v) is 7.21. The molecule has 4 aliphatic heterocycles. The number of morpholine rings is 2. The fourth-order valence-electron chi connectivity index (χ4n) is 6.75. The molecule has 4 fully saturated rings. The van der Waals surface area contributed by atoms with E-state index < -0.39 is 11.2 Å². The molecule has 4 aliphatic rings. The van der Waals surface area contributed by atoms with Crippen LogP contribution >= 0.6 is 23.2 Å². The Morgan fingerprint density at radius 2 is 1.25 bits per heavy atom. The third kappa shape index (κ3) is 15.1. The van der Waals surface area contributed by atoms with Crippen LogP contribution < -0.4 is 15.1 Å². The lowest BCUT2D eigenvalue weighted by Gasteiger charge is -2.40. The van der Waals surface area contributed by atoms with Gasteiger partial charge in [-0.05, 0) is 91.3 Å². The molecule has 4 heterocycles. The molecule has 15 heteroatoms. The topological polar surface area (TPSA) is 116 Å². The molecule has 13 nitrogen and oxygen atoms in total. The number of benzene rings is 2. The van der Waals surface area contributed by atoms with Crippen LogP contribution in [0, 0.1) is 0 Å². The zero-order chi connectivity index (χ0) is 41.8. The second-order valence-electron chi connectivity index (χ2n) is 16.8. The summed E-state index contributed by atoms with van der Waals surface area (Å²) in [6.07, 6.45) is 0.338. The van der Waals surface area contributed by atoms with Crippen LogP contribution in [-0.2, 0) is 25.5 Å². The Labute approximate surface area is 349 Å². The van der Waals surface area contributed by atoms with Gasteiger partial charge in [0.15, 0.2) is 6.29 Å². The maximum Gasteiger partial charge on any atom is 0.410 e. The number of ether oxygens (including phenoxy) is 4. The van der Waals surface area contributed by atoms with Crippen molar-refractivity contribution in [2.45, 2.75) is 85.2 Å². The van der Waals surface area contributed by atoms with Gasteiger partial charge in [0.2, 0.25) is 0 Å². The normalized spacial score (nSPS) is 20.7. The number of amides is 2. The first-order valence-corrected chi connectivity index (χ1v) is 20.8. The van der Waals surface area contributed by atoms with Crippen LogP contribution in [0.3, 0.4) is 0 Å². The maximum atomic E-state index is 12.4. The Morgan fingerprint density at radius 3 is 1.70 bits per heavy atom. The van der Waals surface area contributed by atoms with Crippen LogP contribution in [0.2, 0.25) is 10.0 Å². The van der Waals surface area contributed by atoms with E-state index in [1.807, 2.05) is 65.5 Å². The van der Waals surface area contributed by atoms with Crippen molar-refractivity contribution in [3.05, 3.63) is 57.6 Å². The molecule has 0 unspecified atom stereocenters. The second-order valence-corrected chi connectivity index (χ2v) is 17.6. The highest BCUT2D eigenvalue weighted by atomic mass is 35.5. The first-order chi connectivity index (χ1) is 26.9. The highest BCUT2D eigenvalue weighted by Crippen LogP contribution is 2.27. The van der Waals surface area contributed by atoms with Gasteiger partial charge in [-0.1, -0.05) is 29.3 Å². The number of nitrogens with one attached hydrogen (secondary N) is 1. The van der Waals surface area contributed by atoms with E-state index in [1.165, 1.54) is 0 Å². The van der Waals surface area contributed by atoms with Crippen molar-refractivity contribution in [2.24, 2.45) is 0 Å². The minimum absolute atomic E-state index is 0.106. The molecule has 2 aromatic rings. The summed E-state index contributed by atoms with van der Waals surface area (Å²) in [6.45, 7) is 27.5. The Hall–Kier alpha value is -3.33. The van der Waals surface area contributed by atoms with Gasteiger partial charge in [-0.3, -0.25) is 9.69 Å². The summed E-state index contributed by atoms with van der Waals surface area (Å²) in [4.78, 5) is 45.1. The molecular formula is C42H64Cl2N6O7. The van der Waals surface area contributed by atoms with Gasteiger partial charge < -0.3 is 43.9 Å². The SMILES string of the molecule is C[C@H]1CN(Cc2ccc(N3CCOCC3)cc2Cl)CCN1C(=O)OC(C)(C)C.C[C@H]1CNCCN1C(=O)OC(C)(C)C.O=Cc1ccc(N2CCOCC2)cc1Cl. The van der Waals surface area contributed by atoms with Gasteiger partial charge >= 0.3 is 12.2 Å². The molecular weight excluding hydrogens is 771 g/mol. The van der Waals surface area contributed by atoms with Gasteiger partial charge in [0.25, 0.3) is 0 Å². The number of halogens is 2. The predicted octanol–water partition coefficient (Wildman–Crippen LogP) is 6.82. The molecule has 0 spiro atoms. The summed E-state index contributed by atoms with van der Waals surface area (Å²) in [5, 5.41) is 4.54. The van der Waals surface area contributed by atoms with E-state index in [-0.39, 0.29) is 24.3 Å². The van der Waals surface area contributed by atoms with Crippen LogP contribution in [0.15, 0.2) is 36.4 Å². The number of carbonyl (C=O) groups excluding carboxylic acids is 3. The highest BCUT2D eigenvalue weighted by Gasteiger charge is 2.31. The van der Waals surface area contributed by atoms with Crippen LogP contribution in [-0.4, -0.2) is 148 Å². The van der Waals surface area contributed by atoms with E-state index in [2.05, 4.69) is 45.1 Å². The Bertz CT molecular complexity index is 1610. The smallest absolute Gasteiger partial charge is 0.410 e. The van der Waals surface area contributed by atoms with E-state index in [0.717, 1.165) is 120 Å². The number of nitrogens with zero attached hydrogens (tertiary/aromatic N) is 5. The molecule has 1 N–H and O–H groups in total. The van der Waals surface area contributed by atoms with E-state index in [1.54, 1.807) is 11.0 Å². The Balaban J connectivity index is 0.000000209. The van der Waals surface area contributed by atoms with Gasteiger partial charge in [0.1, 0.15) is 11.2 Å². The fraction of sp³-hybridized carbons (Fsp3) is 0.643. The standard InChI is InChI=1S/C21H32ClN3O3.C11H12ClNO2.C10H20N2O2/c1-16-14-23(7-8-25(16)20(26)28-21(2,3)4)15-17-5-6-18(13-19(17)22)24-9-11-27-12-10-24;12-11-7-10(2-1-9(11)8-14)13-3-5-15-6-4-13;1-8-7-11-5-6-12(8)9(13)14-10(2,3)4/h5-6,13,16H,7-12,14-15H2,1-4H3;1-2,7-8H,3-6H2;8,11H,5-7H2,1-4H3/t16-;;8-/m0.0/s1. The summed E-state index contributed by atoms with van der Waals surface area (Å²) in [5.41, 5.74) is 2.99. The number of carbonyl (C=O) groups is 3. The lowest BCUT2D eigenvalue weighted by atomic mass is 10.1. The lowest BCUT2D eigenvalue weighted by Crippen LogP contribution is -2.54. The van der Waals surface area contributed by atoms with E-state index in [9.17, 15) is 14.4 Å². The van der Waals surface area contributed by atoms with Gasteiger partial charge in [-0.25, -0.2) is 9.59 Å². The van der Waals surface area contributed by atoms with Crippen molar-refractivity contribution >= 4 is 53.0 Å². The van der Waals surface area contributed by atoms with Crippen LogP contribution in [0.1, 0.15) is 71.3 Å². The molecule has 6 rings (SSSR count). The molecule has 0 saturated carbocycles. The zero-order valence-corrected chi connectivity index (χ0v) is 36.7. The minimum atomic E-state index is -0.469. The van der Waals surface area contributed by atoms with Gasteiger partial charge in [0.05, 0.1) is 31.5 Å². The van der Waals surface area contributed by atoms with Gasteiger partial charge in [-0.15, -0.1) is 0 Å². The van der Waals surface area contributed by atoms with Crippen LogP contribution in [0.5, 0.6) is 0 Å². The van der Waals surface area contributed by atoms with Crippen molar-refractivity contribution in [1.82, 2.24) is 20.0 Å². The molecule has 4 saturated heterocycles. The second kappa shape index (κ2) is 21.6. The molecule has 0 aliphatic carbocycles. The molecule has 2 atom stereocenters. The highest BCUT2D eigenvalue weighted by molar-refractivity contribution is 6.33. The third-order valence-electron chi connectivity index (χ3n) is 9.76. The van der Waals surface area contributed by atoms with Gasteiger partial charge in [-0.2, -0.15) is 0 Å². The molecule has 0 aromatic heterocycles.